The van der Waals surface area contributed by atoms with Crippen LogP contribution in [0.3, 0.4) is 0 Å². The van der Waals surface area contributed by atoms with Crippen LogP contribution in [0.15, 0.2) is 0 Å². The van der Waals surface area contributed by atoms with Crippen molar-refractivity contribution < 1.29 is 23.8 Å². The number of hydrogen-bond acceptors (Lipinski definition) is 5. The lowest BCUT2D eigenvalue weighted by atomic mass is 9.85. The quantitative estimate of drug-likeness (QED) is 0.697. The molecule has 2 bridgehead atoms. The van der Waals surface area contributed by atoms with Gasteiger partial charge in [-0.25, -0.2) is 0 Å². The van der Waals surface area contributed by atoms with E-state index in [2.05, 4.69) is 13.8 Å². The summed E-state index contributed by atoms with van der Waals surface area (Å²) in [7, 11) is 1.41. The molecule has 3 aliphatic rings. The minimum Gasteiger partial charge on any atom is -0.469 e. The second kappa shape index (κ2) is 7.42. The van der Waals surface area contributed by atoms with E-state index in [-0.39, 0.29) is 41.7 Å². The van der Waals surface area contributed by atoms with Gasteiger partial charge in [0.05, 0.1) is 37.8 Å². The van der Waals surface area contributed by atoms with Crippen molar-refractivity contribution in [3.8, 4) is 0 Å². The fourth-order valence-corrected chi connectivity index (χ4v) is 5.13. The van der Waals surface area contributed by atoms with Gasteiger partial charge >= 0.3 is 11.9 Å². The Morgan fingerprint density at radius 1 is 0.958 bits per heavy atom. The molecule has 1 aliphatic carbocycles. The highest BCUT2D eigenvalue weighted by atomic mass is 16.5. The molecular formula is C19H30O5. The van der Waals surface area contributed by atoms with E-state index in [0.29, 0.717) is 18.6 Å². The van der Waals surface area contributed by atoms with Crippen LogP contribution in [0.1, 0.15) is 52.4 Å². The van der Waals surface area contributed by atoms with Crippen LogP contribution >= 0.6 is 0 Å². The molecule has 24 heavy (non-hydrogen) atoms. The maximum atomic E-state index is 12.8. The van der Waals surface area contributed by atoms with E-state index >= 15 is 0 Å². The van der Waals surface area contributed by atoms with Crippen molar-refractivity contribution in [1.29, 1.82) is 0 Å². The Kier molecular flexibility index (Phi) is 5.48. The molecule has 2 heterocycles. The van der Waals surface area contributed by atoms with Gasteiger partial charge in [0.2, 0.25) is 0 Å². The topological polar surface area (TPSA) is 61.8 Å². The van der Waals surface area contributed by atoms with Gasteiger partial charge in [-0.3, -0.25) is 9.59 Å². The molecule has 2 aliphatic heterocycles. The molecule has 3 rings (SSSR count). The standard InChI is InChI=1S/C19H30O5/c1-4-11-8-12(5-2)17(16(11)18(20)22-3)19(21)23-10-13-9-14-6-7-15(13)24-14/h11-17H,4-10H2,1-3H3. The maximum Gasteiger partial charge on any atom is 0.310 e. The Hall–Kier alpha value is -1.10. The third-order valence-electron chi connectivity index (χ3n) is 6.47. The van der Waals surface area contributed by atoms with E-state index in [1.165, 1.54) is 7.11 Å². The smallest absolute Gasteiger partial charge is 0.310 e. The monoisotopic (exact) mass is 338 g/mol. The van der Waals surface area contributed by atoms with Gasteiger partial charge in [-0.2, -0.15) is 0 Å². The van der Waals surface area contributed by atoms with Crippen molar-refractivity contribution in [3.05, 3.63) is 0 Å². The van der Waals surface area contributed by atoms with E-state index < -0.39 is 0 Å². The zero-order chi connectivity index (χ0) is 17.3. The minimum absolute atomic E-state index is 0.211. The van der Waals surface area contributed by atoms with Crippen LogP contribution in [0.5, 0.6) is 0 Å². The summed E-state index contributed by atoms with van der Waals surface area (Å²) in [4.78, 5) is 25.1. The van der Waals surface area contributed by atoms with Crippen LogP contribution in [-0.4, -0.2) is 37.9 Å². The molecular weight excluding hydrogens is 308 g/mol. The first kappa shape index (κ1) is 17.7. The SMILES string of the molecule is CCC1CC(CC)C(C(=O)OCC2CC3CCC2O3)C1C(=O)OC. The first-order valence-electron chi connectivity index (χ1n) is 9.48. The van der Waals surface area contributed by atoms with Crippen LogP contribution in [0.4, 0.5) is 0 Å². The van der Waals surface area contributed by atoms with E-state index in [0.717, 1.165) is 38.5 Å². The number of carbonyl (C=O) groups is 2. The predicted molar refractivity (Wildman–Crippen MR) is 88.1 cm³/mol. The number of esters is 2. The summed E-state index contributed by atoms with van der Waals surface area (Å²) in [5, 5.41) is 0. The molecule has 0 N–H and O–H groups in total. The molecule has 1 saturated carbocycles. The van der Waals surface area contributed by atoms with Crippen molar-refractivity contribution in [2.24, 2.45) is 29.6 Å². The van der Waals surface area contributed by atoms with E-state index in [1.54, 1.807) is 0 Å². The largest absolute Gasteiger partial charge is 0.469 e. The van der Waals surface area contributed by atoms with Crippen molar-refractivity contribution in [2.75, 3.05) is 13.7 Å². The summed E-state index contributed by atoms with van der Waals surface area (Å²) < 4.78 is 16.5. The zero-order valence-corrected chi connectivity index (χ0v) is 15.0. The molecule has 5 heteroatoms. The second-order valence-electron chi connectivity index (χ2n) is 7.65. The van der Waals surface area contributed by atoms with Crippen molar-refractivity contribution in [2.45, 2.75) is 64.6 Å². The number of fused-ring (bicyclic) bond motifs is 2. The molecule has 0 amide bonds. The molecule has 7 atom stereocenters. The summed E-state index contributed by atoms with van der Waals surface area (Å²) in [6, 6.07) is 0. The Balaban J connectivity index is 1.64. The molecule has 2 saturated heterocycles. The molecule has 5 nitrogen and oxygen atoms in total. The molecule has 7 unspecified atom stereocenters. The van der Waals surface area contributed by atoms with Crippen molar-refractivity contribution >= 4 is 11.9 Å². The Bertz CT molecular complexity index is 476. The third kappa shape index (κ3) is 3.19. The average molecular weight is 338 g/mol. The summed E-state index contributed by atoms with van der Waals surface area (Å²) in [6.45, 7) is 4.59. The van der Waals surface area contributed by atoms with Gasteiger partial charge in [0.1, 0.15) is 0 Å². The summed E-state index contributed by atoms with van der Waals surface area (Å²) in [5.74, 6) is -0.430. The van der Waals surface area contributed by atoms with Crippen LogP contribution < -0.4 is 0 Å². The summed E-state index contributed by atoms with van der Waals surface area (Å²) in [5.41, 5.74) is 0. The van der Waals surface area contributed by atoms with Gasteiger partial charge in [-0.05, 0) is 37.5 Å². The lowest BCUT2D eigenvalue weighted by Crippen LogP contribution is -2.35. The number of rotatable bonds is 6. The number of carbonyl (C=O) groups excluding carboxylic acids is 2. The van der Waals surface area contributed by atoms with E-state index in [1.807, 2.05) is 0 Å². The van der Waals surface area contributed by atoms with Gasteiger partial charge in [0.15, 0.2) is 0 Å². The van der Waals surface area contributed by atoms with Gasteiger partial charge in [0, 0.05) is 5.92 Å². The normalized spacial score (nSPS) is 40.7. The molecule has 0 radical (unpaired) electrons. The van der Waals surface area contributed by atoms with Crippen molar-refractivity contribution in [1.82, 2.24) is 0 Å². The summed E-state index contributed by atoms with van der Waals surface area (Å²) in [6.07, 6.45) is 6.52. The maximum absolute atomic E-state index is 12.8. The third-order valence-corrected chi connectivity index (χ3v) is 6.47. The first-order chi connectivity index (χ1) is 11.6. The highest BCUT2D eigenvalue weighted by Gasteiger charge is 2.51. The van der Waals surface area contributed by atoms with E-state index in [9.17, 15) is 9.59 Å². The Morgan fingerprint density at radius 3 is 2.12 bits per heavy atom. The Labute approximate surface area is 144 Å². The lowest BCUT2D eigenvalue weighted by molar-refractivity contribution is -0.161. The molecule has 0 aromatic heterocycles. The lowest BCUT2D eigenvalue weighted by Gasteiger charge is -2.24. The minimum atomic E-state index is -0.355. The fraction of sp³-hybridized carbons (Fsp3) is 0.895. The van der Waals surface area contributed by atoms with E-state index in [4.69, 9.17) is 14.2 Å². The van der Waals surface area contributed by atoms with Crippen LogP contribution in [0.25, 0.3) is 0 Å². The van der Waals surface area contributed by atoms with Crippen molar-refractivity contribution in [3.63, 3.8) is 0 Å². The number of ether oxygens (including phenoxy) is 3. The molecule has 136 valence electrons. The van der Waals surface area contributed by atoms with Crippen LogP contribution in [-0.2, 0) is 23.8 Å². The van der Waals surface area contributed by atoms with Gasteiger partial charge in [0.25, 0.3) is 0 Å². The summed E-state index contributed by atoms with van der Waals surface area (Å²) >= 11 is 0. The number of hydrogen-bond donors (Lipinski definition) is 0. The van der Waals surface area contributed by atoms with Crippen LogP contribution in [0.2, 0.25) is 0 Å². The van der Waals surface area contributed by atoms with Crippen LogP contribution in [0, 0.1) is 29.6 Å². The number of methoxy groups -OCH3 is 1. The van der Waals surface area contributed by atoms with Gasteiger partial charge < -0.3 is 14.2 Å². The highest BCUT2D eigenvalue weighted by Crippen LogP contribution is 2.46. The molecule has 3 fully saturated rings. The fourth-order valence-electron chi connectivity index (χ4n) is 5.13. The Morgan fingerprint density at radius 2 is 1.62 bits per heavy atom. The zero-order valence-electron chi connectivity index (χ0n) is 15.0. The highest BCUT2D eigenvalue weighted by molar-refractivity contribution is 5.83. The van der Waals surface area contributed by atoms with Gasteiger partial charge in [-0.1, -0.05) is 26.7 Å². The second-order valence-corrected chi connectivity index (χ2v) is 7.65. The average Bonchev–Trinajstić information content (AvgIpc) is 3.31. The predicted octanol–water partition coefficient (Wildman–Crippen LogP) is 2.96. The molecule has 0 aromatic rings. The molecule has 0 aromatic carbocycles. The van der Waals surface area contributed by atoms with Gasteiger partial charge in [-0.15, -0.1) is 0 Å². The first-order valence-corrected chi connectivity index (χ1v) is 9.48. The molecule has 0 spiro atoms.